The molecule has 0 unspecified atom stereocenters. The molecule has 1 aromatic carbocycles. The van der Waals surface area contributed by atoms with Crippen molar-refractivity contribution in [2.45, 2.75) is 6.42 Å². The van der Waals surface area contributed by atoms with Gasteiger partial charge in [-0.05, 0) is 23.8 Å². The number of amides is 1. The Hall–Kier alpha value is -2.89. The van der Waals surface area contributed by atoms with E-state index >= 15 is 0 Å². The van der Waals surface area contributed by atoms with E-state index in [1.54, 1.807) is 24.3 Å². The molecule has 0 bridgehead atoms. The first-order valence-electron chi connectivity index (χ1n) is 5.79. The number of pyridine rings is 1. The number of rotatable bonds is 5. The highest BCUT2D eigenvalue weighted by molar-refractivity contribution is 5.92. The normalized spacial score (nSPS) is 10.0. The maximum absolute atomic E-state index is 10.9. The lowest BCUT2D eigenvalue weighted by atomic mass is 10.1. The van der Waals surface area contributed by atoms with Crippen molar-refractivity contribution in [2.24, 2.45) is 5.73 Å². The Bertz CT molecular complexity index is 638. The molecule has 102 valence electrons. The zero-order chi connectivity index (χ0) is 14.5. The van der Waals surface area contributed by atoms with Gasteiger partial charge in [-0.3, -0.25) is 9.59 Å². The fourth-order valence-electron chi connectivity index (χ4n) is 1.60. The molecule has 0 saturated carbocycles. The van der Waals surface area contributed by atoms with Crippen molar-refractivity contribution in [2.75, 3.05) is 0 Å². The summed E-state index contributed by atoms with van der Waals surface area (Å²) < 4.78 is 5.48. The number of ether oxygens (including phenoxy) is 1. The minimum absolute atomic E-state index is 0.0781. The standard InChI is InChI=1S/C14H12N2O4/c15-14(19)10-4-5-12(16-8-10)20-11-3-1-2-9(6-11)7-13(17)18/h1-6,8H,7H2,(H2,15,19)(H,17,18). The number of carboxylic acid groups (broad SMARTS) is 1. The Morgan fingerprint density at radius 3 is 2.65 bits per heavy atom. The van der Waals surface area contributed by atoms with Gasteiger partial charge in [0.05, 0.1) is 12.0 Å². The average Bonchev–Trinajstić information content (AvgIpc) is 2.39. The Kier molecular flexibility index (Phi) is 3.95. The highest BCUT2D eigenvalue weighted by Gasteiger charge is 2.05. The molecule has 6 nitrogen and oxygen atoms in total. The number of nitrogens with zero attached hydrogens (tertiary/aromatic N) is 1. The summed E-state index contributed by atoms with van der Waals surface area (Å²) in [5.74, 6) is -0.704. The van der Waals surface area contributed by atoms with E-state index < -0.39 is 11.9 Å². The first-order chi connectivity index (χ1) is 9.54. The Morgan fingerprint density at radius 2 is 2.05 bits per heavy atom. The summed E-state index contributed by atoms with van der Waals surface area (Å²) in [6.07, 6.45) is 1.24. The summed E-state index contributed by atoms with van der Waals surface area (Å²) in [5.41, 5.74) is 6.02. The van der Waals surface area contributed by atoms with Gasteiger partial charge in [-0.2, -0.15) is 0 Å². The van der Waals surface area contributed by atoms with Crippen molar-refractivity contribution in [3.63, 3.8) is 0 Å². The second kappa shape index (κ2) is 5.83. The van der Waals surface area contributed by atoms with Crippen molar-refractivity contribution < 1.29 is 19.4 Å². The number of benzene rings is 1. The average molecular weight is 272 g/mol. The first kappa shape index (κ1) is 13.5. The Balaban J connectivity index is 2.13. The fraction of sp³-hybridized carbons (Fsp3) is 0.0714. The monoisotopic (exact) mass is 272 g/mol. The number of aromatic nitrogens is 1. The molecule has 6 heteroatoms. The summed E-state index contributed by atoms with van der Waals surface area (Å²) in [4.78, 5) is 25.5. The molecule has 0 aliphatic rings. The molecule has 0 radical (unpaired) electrons. The van der Waals surface area contributed by atoms with E-state index in [9.17, 15) is 9.59 Å². The lowest BCUT2D eigenvalue weighted by Gasteiger charge is -2.06. The van der Waals surface area contributed by atoms with Crippen LogP contribution >= 0.6 is 0 Å². The van der Waals surface area contributed by atoms with Crippen LogP contribution in [0.25, 0.3) is 0 Å². The van der Waals surface area contributed by atoms with Gasteiger partial charge in [0.25, 0.3) is 0 Å². The van der Waals surface area contributed by atoms with Gasteiger partial charge in [0.1, 0.15) is 5.75 Å². The van der Waals surface area contributed by atoms with Crippen LogP contribution < -0.4 is 10.5 Å². The highest BCUT2D eigenvalue weighted by atomic mass is 16.5. The van der Waals surface area contributed by atoms with Crippen molar-refractivity contribution in [1.82, 2.24) is 4.98 Å². The van der Waals surface area contributed by atoms with Gasteiger partial charge < -0.3 is 15.6 Å². The molecule has 0 saturated heterocycles. The van der Waals surface area contributed by atoms with Crippen LogP contribution in [0.2, 0.25) is 0 Å². The van der Waals surface area contributed by atoms with Gasteiger partial charge in [-0.15, -0.1) is 0 Å². The summed E-state index contributed by atoms with van der Waals surface area (Å²) in [7, 11) is 0. The molecule has 2 rings (SSSR count). The van der Waals surface area contributed by atoms with E-state index in [2.05, 4.69) is 4.98 Å². The number of carbonyl (C=O) groups is 2. The largest absolute Gasteiger partial charge is 0.481 e. The third-order valence-electron chi connectivity index (χ3n) is 2.50. The van der Waals surface area contributed by atoms with E-state index in [1.807, 2.05) is 0 Å². The number of aliphatic carboxylic acids is 1. The number of carboxylic acids is 1. The van der Waals surface area contributed by atoms with E-state index in [-0.39, 0.29) is 12.0 Å². The minimum atomic E-state index is -0.911. The van der Waals surface area contributed by atoms with Crippen LogP contribution in [0.5, 0.6) is 11.6 Å². The fourth-order valence-corrected chi connectivity index (χ4v) is 1.60. The van der Waals surface area contributed by atoms with Crippen molar-refractivity contribution in [3.8, 4) is 11.6 Å². The van der Waals surface area contributed by atoms with Crippen molar-refractivity contribution in [1.29, 1.82) is 0 Å². The van der Waals surface area contributed by atoms with Crippen LogP contribution in [-0.4, -0.2) is 22.0 Å². The lowest BCUT2D eigenvalue weighted by Crippen LogP contribution is -2.10. The first-order valence-corrected chi connectivity index (χ1v) is 5.79. The van der Waals surface area contributed by atoms with E-state index in [4.69, 9.17) is 15.6 Å². The maximum atomic E-state index is 10.9. The zero-order valence-electron chi connectivity index (χ0n) is 10.4. The second-order valence-electron chi connectivity index (χ2n) is 4.07. The highest BCUT2D eigenvalue weighted by Crippen LogP contribution is 2.20. The van der Waals surface area contributed by atoms with Gasteiger partial charge in [-0.1, -0.05) is 12.1 Å². The molecule has 0 fully saturated rings. The van der Waals surface area contributed by atoms with Crippen LogP contribution in [0, 0.1) is 0 Å². The van der Waals surface area contributed by atoms with Gasteiger partial charge in [0.15, 0.2) is 0 Å². The smallest absolute Gasteiger partial charge is 0.307 e. The predicted molar refractivity (Wildman–Crippen MR) is 70.6 cm³/mol. The van der Waals surface area contributed by atoms with Crippen LogP contribution in [-0.2, 0) is 11.2 Å². The molecule has 1 aromatic heterocycles. The molecule has 3 N–H and O–H groups in total. The van der Waals surface area contributed by atoms with Crippen LogP contribution in [0.4, 0.5) is 0 Å². The van der Waals surface area contributed by atoms with Crippen molar-refractivity contribution >= 4 is 11.9 Å². The van der Waals surface area contributed by atoms with E-state index in [0.29, 0.717) is 17.2 Å². The molecular weight excluding hydrogens is 260 g/mol. The molecule has 1 amide bonds. The summed E-state index contributed by atoms with van der Waals surface area (Å²) in [5, 5.41) is 8.73. The van der Waals surface area contributed by atoms with E-state index in [0.717, 1.165) is 0 Å². The molecule has 1 heterocycles. The third kappa shape index (κ3) is 3.55. The summed E-state index contributed by atoms with van der Waals surface area (Å²) in [6, 6.07) is 9.73. The molecule has 0 aliphatic heterocycles. The topological polar surface area (TPSA) is 103 Å². The molecule has 20 heavy (non-hydrogen) atoms. The lowest BCUT2D eigenvalue weighted by molar-refractivity contribution is -0.136. The Morgan fingerprint density at radius 1 is 1.25 bits per heavy atom. The number of primary amides is 1. The SMILES string of the molecule is NC(=O)c1ccc(Oc2cccc(CC(=O)O)c2)nc1. The van der Waals surface area contributed by atoms with Gasteiger partial charge >= 0.3 is 5.97 Å². The Labute approximate surface area is 114 Å². The van der Waals surface area contributed by atoms with Crippen LogP contribution in [0.1, 0.15) is 15.9 Å². The van der Waals surface area contributed by atoms with Crippen LogP contribution in [0.3, 0.4) is 0 Å². The minimum Gasteiger partial charge on any atom is -0.481 e. The molecule has 0 spiro atoms. The summed E-state index contributed by atoms with van der Waals surface area (Å²) in [6.45, 7) is 0. The van der Waals surface area contributed by atoms with E-state index in [1.165, 1.54) is 18.3 Å². The molecular formula is C14H12N2O4. The van der Waals surface area contributed by atoms with Gasteiger partial charge in [0.2, 0.25) is 11.8 Å². The second-order valence-corrected chi connectivity index (χ2v) is 4.07. The number of carbonyl (C=O) groups excluding carboxylic acids is 1. The molecule has 2 aromatic rings. The molecule has 0 atom stereocenters. The van der Waals surface area contributed by atoms with Crippen molar-refractivity contribution in [3.05, 3.63) is 53.7 Å². The van der Waals surface area contributed by atoms with Gasteiger partial charge in [-0.25, -0.2) is 4.98 Å². The number of hydrogen-bond acceptors (Lipinski definition) is 4. The predicted octanol–water partition coefficient (Wildman–Crippen LogP) is 1.60. The molecule has 0 aliphatic carbocycles. The van der Waals surface area contributed by atoms with Gasteiger partial charge in [0, 0.05) is 12.3 Å². The summed E-state index contributed by atoms with van der Waals surface area (Å²) >= 11 is 0. The maximum Gasteiger partial charge on any atom is 0.307 e. The van der Waals surface area contributed by atoms with Crippen LogP contribution in [0.15, 0.2) is 42.6 Å². The quantitative estimate of drug-likeness (QED) is 0.860. The number of hydrogen-bond donors (Lipinski definition) is 2. The third-order valence-corrected chi connectivity index (χ3v) is 2.50. The number of nitrogens with two attached hydrogens (primary N) is 1. The zero-order valence-corrected chi connectivity index (χ0v) is 10.4.